The molecule has 160 valence electrons. The third-order valence-electron chi connectivity index (χ3n) is 4.87. The summed E-state index contributed by atoms with van der Waals surface area (Å²) in [6, 6.07) is 8.40. The number of nitrogens with zero attached hydrogens (tertiary/aromatic N) is 2. The standard InChI is InChI=1S/C21H36N4O2.HI/c1-4-22-21(23-12-15-27-5-2)24-16-18-10-13-25(14-11-18)17-19-6-8-20(26-3)9-7-19;/h6-9,18H,4-5,10-17H2,1-3H3,(H2,22,23,24);1H. The van der Waals surface area contributed by atoms with E-state index in [0.29, 0.717) is 12.5 Å². The molecule has 0 saturated carbocycles. The third-order valence-corrected chi connectivity index (χ3v) is 4.87. The maximum absolute atomic E-state index is 5.37. The van der Waals surface area contributed by atoms with Crippen LogP contribution in [0.15, 0.2) is 29.3 Å². The van der Waals surface area contributed by atoms with Gasteiger partial charge in [-0.15, -0.1) is 24.0 Å². The molecule has 6 nitrogen and oxygen atoms in total. The Balaban J connectivity index is 0.00000392. The molecule has 0 spiro atoms. The fourth-order valence-corrected chi connectivity index (χ4v) is 3.26. The first kappa shape index (κ1) is 25.0. The lowest BCUT2D eigenvalue weighted by molar-refractivity contribution is 0.152. The molecular formula is C21H37IN4O2. The van der Waals surface area contributed by atoms with Gasteiger partial charge in [0.25, 0.3) is 0 Å². The van der Waals surface area contributed by atoms with Crippen LogP contribution in [0.2, 0.25) is 0 Å². The van der Waals surface area contributed by atoms with E-state index in [1.54, 1.807) is 7.11 Å². The number of hydrogen-bond acceptors (Lipinski definition) is 4. The Hall–Kier alpha value is -1.06. The van der Waals surface area contributed by atoms with E-state index in [0.717, 1.165) is 57.6 Å². The predicted molar refractivity (Wildman–Crippen MR) is 127 cm³/mol. The molecule has 1 aromatic carbocycles. The van der Waals surface area contributed by atoms with Crippen LogP contribution in [0.5, 0.6) is 5.75 Å². The second-order valence-corrected chi connectivity index (χ2v) is 6.91. The number of halogens is 1. The molecule has 2 rings (SSSR count). The topological polar surface area (TPSA) is 58.1 Å². The zero-order valence-corrected chi connectivity index (χ0v) is 19.9. The number of benzene rings is 1. The van der Waals surface area contributed by atoms with Crippen molar-refractivity contribution in [3.05, 3.63) is 29.8 Å². The van der Waals surface area contributed by atoms with E-state index < -0.39 is 0 Å². The molecule has 1 saturated heterocycles. The monoisotopic (exact) mass is 504 g/mol. The molecule has 1 aliphatic rings. The van der Waals surface area contributed by atoms with Gasteiger partial charge in [-0.2, -0.15) is 0 Å². The van der Waals surface area contributed by atoms with Gasteiger partial charge in [0.15, 0.2) is 5.96 Å². The summed E-state index contributed by atoms with van der Waals surface area (Å²) >= 11 is 0. The number of hydrogen-bond donors (Lipinski definition) is 2. The van der Waals surface area contributed by atoms with Crippen LogP contribution in [0.25, 0.3) is 0 Å². The van der Waals surface area contributed by atoms with Crippen LogP contribution in [-0.2, 0) is 11.3 Å². The van der Waals surface area contributed by atoms with Crippen molar-refractivity contribution in [1.29, 1.82) is 0 Å². The molecule has 1 heterocycles. The summed E-state index contributed by atoms with van der Waals surface area (Å²) in [5, 5.41) is 6.65. The zero-order valence-electron chi connectivity index (χ0n) is 17.6. The summed E-state index contributed by atoms with van der Waals surface area (Å²) in [6.45, 7) is 11.4. The number of nitrogens with one attached hydrogen (secondary N) is 2. The van der Waals surface area contributed by atoms with Gasteiger partial charge in [-0.3, -0.25) is 9.89 Å². The summed E-state index contributed by atoms with van der Waals surface area (Å²) in [7, 11) is 1.71. The van der Waals surface area contributed by atoms with Gasteiger partial charge >= 0.3 is 0 Å². The second kappa shape index (κ2) is 14.9. The molecule has 0 radical (unpaired) electrons. The van der Waals surface area contributed by atoms with Gasteiger partial charge in [0.05, 0.1) is 13.7 Å². The molecule has 28 heavy (non-hydrogen) atoms. The summed E-state index contributed by atoms with van der Waals surface area (Å²) in [5.74, 6) is 2.49. The summed E-state index contributed by atoms with van der Waals surface area (Å²) in [6.07, 6.45) is 2.41. The van der Waals surface area contributed by atoms with Gasteiger partial charge in [-0.05, 0) is 63.4 Å². The normalized spacial score (nSPS) is 15.8. The Morgan fingerprint density at radius 1 is 1.14 bits per heavy atom. The van der Waals surface area contributed by atoms with Crippen LogP contribution >= 0.6 is 24.0 Å². The zero-order chi connectivity index (χ0) is 19.3. The van der Waals surface area contributed by atoms with E-state index in [9.17, 15) is 0 Å². The average Bonchev–Trinajstić information content (AvgIpc) is 2.71. The highest BCUT2D eigenvalue weighted by atomic mass is 127. The van der Waals surface area contributed by atoms with Crippen LogP contribution in [0.1, 0.15) is 32.3 Å². The average molecular weight is 504 g/mol. The highest BCUT2D eigenvalue weighted by molar-refractivity contribution is 14.0. The summed E-state index contributed by atoms with van der Waals surface area (Å²) < 4.78 is 10.6. The van der Waals surface area contributed by atoms with Crippen molar-refractivity contribution in [1.82, 2.24) is 15.5 Å². The van der Waals surface area contributed by atoms with Crippen molar-refractivity contribution >= 4 is 29.9 Å². The molecule has 0 unspecified atom stereocenters. The highest BCUT2D eigenvalue weighted by Crippen LogP contribution is 2.20. The fraction of sp³-hybridized carbons (Fsp3) is 0.667. The van der Waals surface area contributed by atoms with Gasteiger partial charge in [-0.1, -0.05) is 12.1 Å². The van der Waals surface area contributed by atoms with Crippen molar-refractivity contribution in [3.8, 4) is 5.75 Å². The number of likely N-dealkylation sites (tertiary alicyclic amines) is 1. The lowest BCUT2D eigenvalue weighted by Crippen LogP contribution is -2.40. The third kappa shape index (κ3) is 9.43. The summed E-state index contributed by atoms with van der Waals surface area (Å²) in [5.41, 5.74) is 1.35. The van der Waals surface area contributed by atoms with Crippen molar-refractivity contribution in [2.75, 3.05) is 53.0 Å². The van der Waals surface area contributed by atoms with E-state index >= 15 is 0 Å². The number of ether oxygens (including phenoxy) is 2. The Morgan fingerprint density at radius 2 is 1.86 bits per heavy atom. The van der Waals surface area contributed by atoms with Gasteiger partial charge < -0.3 is 20.1 Å². The van der Waals surface area contributed by atoms with Gasteiger partial charge in [0.1, 0.15) is 5.75 Å². The maximum Gasteiger partial charge on any atom is 0.191 e. The van der Waals surface area contributed by atoms with Crippen LogP contribution < -0.4 is 15.4 Å². The van der Waals surface area contributed by atoms with E-state index in [-0.39, 0.29) is 24.0 Å². The van der Waals surface area contributed by atoms with Crippen LogP contribution in [0.3, 0.4) is 0 Å². The Bertz CT molecular complexity index is 546. The molecule has 0 amide bonds. The lowest BCUT2D eigenvalue weighted by atomic mass is 9.96. The van der Waals surface area contributed by atoms with Crippen LogP contribution in [-0.4, -0.2) is 63.9 Å². The molecule has 1 aromatic rings. The highest BCUT2D eigenvalue weighted by Gasteiger charge is 2.19. The molecule has 0 atom stereocenters. The molecule has 2 N–H and O–H groups in total. The molecule has 0 aromatic heterocycles. The minimum absolute atomic E-state index is 0. The number of rotatable bonds is 10. The summed E-state index contributed by atoms with van der Waals surface area (Å²) in [4.78, 5) is 7.30. The van der Waals surface area contributed by atoms with E-state index in [1.807, 2.05) is 19.1 Å². The predicted octanol–water partition coefficient (Wildman–Crippen LogP) is 3.12. The Morgan fingerprint density at radius 3 is 2.46 bits per heavy atom. The van der Waals surface area contributed by atoms with Crippen molar-refractivity contribution in [2.45, 2.75) is 33.2 Å². The Labute approximate surface area is 187 Å². The molecule has 0 bridgehead atoms. The smallest absolute Gasteiger partial charge is 0.191 e. The van der Waals surface area contributed by atoms with Gasteiger partial charge in [-0.25, -0.2) is 0 Å². The SMILES string of the molecule is CCNC(=NCC1CCN(Cc2ccc(OC)cc2)CC1)NCCOCC.I. The molecule has 1 aliphatic heterocycles. The molecular weight excluding hydrogens is 467 g/mol. The fourth-order valence-electron chi connectivity index (χ4n) is 3.26. The second-order valence-electron chi connectivity index (χ2n) is 6.91. The minimum atomic E-state index is 0. The van der Waals surface area contributed by atoms with Crippen LogP contribution in [0.4, 0.5) is 0 Å². The van der Waals surface area contributed by atoms with E-state index in [1.165, 1.54) is 18.4 Å². The molecule has 1 fully saturated rings. The number of methoxy groups -OCH3 is 1. The quantitative estimate of drug-likeness (QED) is 0.222. The van der Waals surface area contributed by atoms with E-state index in [4.69, 9.17) is 14.5 Å². The first-order valence-electron chi connectivity index (χ1n) is 10.2. The largest absolute Gasteiger partial charge is 0.497 e. The minimum Gasteiger partial charge on any atom is -0.497 e. The van der Waals surface area contributed by atoms with E-state index in [2.05, 4.69) is 34.6 Å². The number of aliphatic imine (C=N–C) groups is 1. The lowest BCUT2D eigenvalue weighted by Gasteiger charge is -2.31. The van der Waals surface area contributed by atoms with Gasteiger partial charge in [0.2, 0.25) is 0 Å². The molecule has 0 aliphatic carbocycles. The first-order valence-corrected chi connectivity index (χ1v) is 10.2. The number of guanidine groups is 1. The maximum atomic E-state index is 5.37. The van der Waals surface area contributed by atoms with Crippen molar-refractivity contribution < 1.29 is 9.47 Å². The van der Waals surface area contributed by atoms with Crippen molar-refractivity contribution in [2.24, 2.45) is 10.9 Å². The Kier molecular flexibility index (Phi) is 13.3. The first-order chi connectivity index (χ1) is 13.2. The number of piperidine rings is 1. The van der Waals surface area contributed by atoms with Gasteiger partial charge in [0, 0.05) is 32.8 Å². The molecule has 7 heteroatoms. The van der Waals surface area contributed by atoms with Crippen molar-refractivity contribution in [3.63, 3.8) is 0 Å². The van der Waals surface area contributed by atoms with Crippen LogP contribution in [0, 0.1) is 5.92 Å².